The standard InChI is InChI=1S/C25H28N2O6/c1-25(32,23(29)30)14-26-22(28)15-10-11-16(12-15)27-24(31)33-13-21-19-8-4-2-6-17(19)18-7-3-5-9-20(18)21/h2-9,15-16,21,32H,10-14H2,1H3,(H,26,28)(H,27,31)(H,29,30)/t15-,16+,25?/m0/s1. The minimum atomic E-state index is -2.02. The molecule has 3 atom stereocenters. The lowest BCUT2D eigenvalue weighted by Crippen LogP contribution is -2.47. The maximum absolute atomic E-state index is 12.5. The summed E-state index contributed by atoms with van der Waals surface area (Å²) >= 11 is 0. The van der Waals surface area contributed by atoms with Crippen molar-refractivity contribution >= 4 is 18.0 Å². The highest BCUT2D eigenvalue weighted by molar-refractivity contribution is 5.82. The van der Waals surface area contributed by atoms with E-state index in [2.05, 4.69) is 34.9 Å². The van der Waals surface area contributed by atoms with E-state index >= 15 is 0 Å². The molecule has 0 aliphatic heterocycles. The first-order valence-corrected chi connectivity index (χ1v) is 11.1. The molecule has 1 unspecified atom stereocenters. The fraction of sp³-hybridized carbons (Fsp3) is 0.400. The molecule has 0 aromatic heterocycles. The molecule has 0 bridgehead atoms. The zero-order chi connectivity index (χ0) is 23.6. The van der Waals surface area contributed by atoms with Gasteiger partial charge in [0.05, 0.1) is 6.54 Å². The summed E-state index contributed by atoms with van der Waals surface area (Å²) in [6.45, 7) is 0.981. The maximum atomic E-state index is 12.5. The van der Waals surface area contributed by atoms with Crippen molar-refractivity contribution in [3.63, 3.8) is 0 Å². The van der Waals surface area contributed by atoms with E-state index in [0.29, 0.717) is 19.3 Å². The summed E-state index contributed by atoms with van der Waals surface area (Å²) in [4.78, 5) is 35.7. The summed E-state index contributed by atoms with van der Waals surface area (Å²) in [6, 6.07) is 16.0. The summed E-state index contributed by atoms with van der Waals surface area (Å²) < 4.78 is 5.57. The third-order valence-electron chi connectivity index (χ3n) is 6.54. The van der Waals surface area contributed by atoms with Crippen molar-refractivity contribution in [2.75, 3.05) is 13.2 Å². The highest BCUT2D eigenvalue weighted by Crippen LogP contribution is 2.44. The number of carbonyl (C=O) groups is 3. The molecule has 1 fully saturated rings. The number of carboxylic acid groups (broad SMARTS) is 1. The molecule has 2 amide bonds. The molecule has 4 N–H and O–H groups in total. The van der Waals surface area contributed by atoms with Gasteiger partial charge < -0.3 is 25.6 Å². The number of rotatable bonds is 7. The number of aliphatic hydroxyl groups is 1. The molecule has 8 heteroatoms. The molecule has 2 aliphatic carbocycles. The van der Waals surface area contributed by atoms with Crippen molar-refractivity contribution in [2.24, 2.45) is 5.92 Å². The van der Waals surface area contributed by atoms with Crippen molar-refractivity contribution in [2.45, 2.75) is 43.7 Å². The van der Waals surface area contributed by atoms with Gasteiger partial charge in [-0.05, 0) is 48.4 Å². The van der Waals surface area contributed by atoms with Gasteiger partial charge in [-0.1, -0.05) is 48.5 Å². The third-order valence-corrected chi connectivity index (χ3v) is 6.54. The zero-order valence-electron chi connectivity index (χ0n) is 18.4. The van der Waals surface area contributed by atoms with Crippen molar-refractivity contribution in [1.29, 1.82) is 0 Å². The number of carbonyl (C=O) groups excluding carboxylic acids is 2. The fourth-order valence-electron chi connectivity index (χ4n) is 4.64. The maximum Gasteiger partial charge on any atom is 0.407 e. The predicted molar refractivity (Wildman–Crippen MR) is 121 cm³/mol. The van der Waals surface area contributed by atoms with Crippen LogP contribution in [0.25, 0.3) is 11.1 Å². The Labute approximate surface area is 192 Å². The van der Waals surface area contributed by atoms with Crippen LogP contribution < -0.4 is 10.6 Å². The SMILES string of the molecule is CC(O)(CNC(=O)[C@H]1CC[C@@H](NC(=O)OCC2c3ccccc3-c3ccccc32)C1)C(=O)O. The Balaban J connectivity index is 1.28. The monoisotopic (exact) mass is 452 g/mol. The van der Waals surface area contributed by atoms with Crippen molar-refractivity contribution < 1.29 is 29.3 Å². The molecule has 1 saturated carbocycles. The van der Waals surface area contributed by atoms with Crippen LogP contribution in [0.5, 0.6) is 0 Å². The van der Waals surface area contributed by atoms with Crippen LogP contribution in [0.3, 0.4) is 0 Å². The van der Waals surface area contributed by atoms with Crippen LogP contribution in [-0.2, 0) is 14.3 Å². The molecule has 0 saturated heterocycles. The van der Waals surface area contributed by atoms with Crippen LogP contribution in [0, 0.1) is 5.92 Å². The highest BCUT2D eigenvalue weighted by Gasteiger charge is 2.35. The predicted octanol–water partition coefficient (Wildman–Crippen LogP) is 2.65. The average Bonchev–Trinajstić information content (AvgIpc) is 3.39. The number of aliphatic carboxylic acids is 1. The number of hydrogen-bond donors (Lipinski definition) is 4. The number of nitrogens with one attached hydrogen (secondary N) is 2. The summed E-state index contributed by atoms with van der Waals surface area (Å²) in [5.74, 6) is -2.10. The van der Waals surface area contributed by atoms with Crippen LogP contribution in [0.15, 0.2) is 48.5 Å². The molecular formula is C25H28N2O6. The minimum absolute atomic E-state index is 0.0210. The number of carboxylic acids is 1. The number of alkyl carbamates (subject to hydrolysis) is 1. The normalized spacial score (nSPS) is 20.9. The topological polar surface area (TPSA) is 125 Å². The first-order chi connectivity index (χ1) is 15.8. The van der Waals surface area contributed by atoms with Crippen LogP contribution in [0.4, 0.5) is 4.79 Å². The molecule has 33 heavy (non-hydrogen) atoms. The van der Waals surface area contributed by atoms with Crippen LogP contribution in [0.1, 0.15) is 43.2 Å². The van der Waals surface area contributed by atoms with Gasteiger partial charge in [0.25, 0.3) is 0 Å². The number of amides is 2. The first kappa shape index (κ1) is 22.8. The molecule has 0 radical (unpaired) electrons. The van der Waals surface area contributed by atoms with Gasteiger partial charge in [-0.2, -0.15) is 0 Å². The fourth-order valence-corrected chi connectivity index (χ4v) is 4.64. The lowest BCUT2D eigenvalue weighted by molar-refractivity contribution is -0.156. The van der Waals surface area contributed by atoms with Crippen LogP contribution in [0.2, 0.25) is 0 Å². The molecule has 2 aliphatic rings. The Morgan fingerprint density at radius 3 is 2.24 bits per heavy atom. The Bertz CT molecular complexity index is 1020. The molecule has 8 nitrogen and oxygen atoms in total. The Morgan fingerprint density at radius 2 is 1.64 bits per heavy atom. The van der Waals surface area contributed by atoms with Gasteiger partial charge >= 0.3 is 12.1 Å². The number of ether oxygens (including phenoxy) is 1. The summed E-state index contributed by atoms with van der Waals surface area (Å²) in [7, 11) is 0. The summed E-state index contributed by atoms with van der Waals surface area (Å²) in [5.41, 5.74) is 2.58. The largest absolute Gasteiger partial charge is 0.479 e. The van der Waals surface area contributed by atoms with E-state index in [1.54, 1.807) is 0 Å². The van der Waals surface area contributed by atoms with E-state index in [1.807, 2.05) is 24.3 Å². The van der Waals surface area contributed by atoms with E-state index < -0.39 is 17.7 Å². The smallest absolute Gasteiger partial charge is 0.407 e. The molecule has 174 valence electrons. The van der Waals surface area contributed by atoms with Gasteiger partial charge in [-0.15, -0.1) is 0 Å². The molecule has 2 aromatic carbocycles. The van der Waals surface area contributed by atoms with Crippen LogP contribution >= 0.6 is 0 Å². The Morgan fingerprint density at radius 1 is 1.03 bits per heavy atom. The average molecular weight is 453 g/mol. The van der Waals surface area contributed by atoms with Gasteiger partial charge in [0, 0.05) is 17.9 Å². The second kappa shape index (κ2) is 9.23. The second-order valence-corrected chi connectivity index (χ2v) is 8.97. The van der Waals surface area contributed by atoms with E-state index in [4.69, 9.17) is 9.84 Å². The van der Waals surface area contributed by atoms with Crippen molar-refractivity contribution in [3.05, 3.63) is 59.7 Å². The lowest BCUT2D eigenvalue weighted by Gasteiger charge is -2.20. The van der Waals surface area contributed by atoms with Gasteiger partial charge in [-0.3, -0.25) is 4.79 Å². The van der Waals surface area contributed by atoms with Crippen molar-refractivity contribution in [3.8, 4) is 11.1 Å². The van der Waals surface area contributed by atoms with Gasteiger partial charge in [0.1, 0.15) is 6.61 Å². The third kappa shape index (κ3) is 4.85. The quantitative estimate of drug-likeness (QED) is 0.512. The molecule has 2 aromatic rings. The number of benzene rings is 2. The van der Waals surface area contributed by atoms with E-state index in [0.717, 1.165) is 29.2 Å². The van der Waals surface area contributed by atoms with Gasteiger partial charge in [0.2, 0.25) is 5.91 Å². The Hall–Kier alpha value is -3.39. The molecule has 0 heterocycles. The first-order valence-electron chi connectivity index (χ1n) is 11.1. The minimum Gasteiger partial charge on any atom is -0.479 e. The van der Waals surface area contributed by atoms with Gasteiger partial charge in [-0.25, -0.2) is 9.59 Å². The van der Waals surface area contributed by atoms with Crippen molar-refractivity contribution in [1.82, 2.24) is 10.6 Å². The molecule has 4 rings (SSSR count). The summed E-state index contributed by atoms with van der Waals surface area (Å²) in [6.07, 6.45) is 1.11. The van der Waals surface area contributed by atoms with Crippen LogP contribution in [-0.4, -0.2) is 53.0 Å². The van der Waals surface area contributed by atoms with E-state index in [-0.39, 0.29) is 36.9 Å². The highest BCUT2D eigenvalue weighted by atomic mass is 16.5. The van der Waals surface area contributed by atoms with E-state index in [1.165, 1.54) is 0 Å². The lowest BCUT2D eigenvalue weighted by atomic mass is 9.98. The number of hydrogen-bond acceptors (Lipinski definition) is 5. The number of fused-ring (bicyclic) bond motifs is 3. The summed E-state index contributed by atoms with van der Waals surface area (Å²) in [5, 5.41) is 24.0. The molecule has 0 spiro atoms. The van der Waals surface area contributed by atoms with Gasteiger partial charge in [0.15, 0.2) is 5.60 Å². The second-order valence-electron chi connectivity index (χ2n) is 8.97. The zero-order valence-corrected chi connectivity index (χ0v) is 18.4. The van der Waals surface area contributed by atoms with E-state index in [9.17, 15) is 19.5 Å². The molecular weight excluding hydrogens is 424 g/mol. The Kier molecular flexibility index (Phi) is 6.37.